The van der Waals surface area contributed by atoms with Crippen molar-refractivity contribution in [2.45, 2.75) is 39.5 Å². The van der Waals surface area contributed by atoms with Crippen LogP contribution in [0.4, 0.5) is 0 Å². The first-order valence-electron chi connectivity index (χ1n) is 5.53. The molecule has 0 aromatic carbocycles. The summed E-state index contributed by atoms with van der Waals surface area (Å²) in [5, 5.41) is 3.39. The fourth-order valence-corrected chi connectivity index (χ4v) is 1.69. The monoisotopic (exact) mass is 191 g/mol. The minimum Gasteiger partial charge on any atom is -0.388 e. The van der Waals surface area contributed by atoms with E-state index in [1.165, 1.54) is 36.1 Å². The Morgan fingerprint density at radius 2 is 2.36 bits per heavy atom. The molecule has 1 nitrogen and oxygen atoms in total. The van der Waals surface area contributed by atoms with E-state index in [0.717, 1.165) is 13.0 Å². The van der Waals surface area contributed by atoms with Crippen molar-refractivity contribution in [2.24, 2.45) is 0 Å². The fraction of sp³-hybridized carbons (Fsp3) is 0.538. The highest BCUT2D eigenvalue weighted by atomic mass is 14.9. The van der Waals surface area contributed by atoms with Gasteiger partial charge < -0.3 is 5.32 Å². The molecule has 0 amide bonds. The quantitative estimate of drug-likeness (QED) is 0.670. The highest BCUT2D eigenvalue weighted by molar-refractivity contribution is 5.30. The molecule has 1 N–H and O–H groups in total. The van der Waals surface area contributed by atoms with Crippen LogP contribution in [0, 0.1) is 0 Å². The van der Waals surface area contributed by atoms with Gasteiger partial charge in [-0.15, -0.1) is 0 Å². The van der Waals surface area contributed by atoms with Gasteiger partial charge in [-0.2, -0.15) is 0 Å². The molecule has 0 aliphatic carbocycles. The highest BCUT2D eigenvalue weighted by Gasteiger charge is 2.04. The lowest BCUT2D eigenvalue weighted by Crippen LogP contribution is -2.19. The molecular weight excluding hydrogens is 170 g/mol. The summed E-state index contributed by atoms with van der Waals surface area (Å²) >= 11 is 0. The van der Waals surface area contributed by atoms with E-state index >= 15 is 0 Å². The van der Waals surface area contributed by atoms with Gasteiger partial charge in [0, 0.05) is 12.2 Å². The second-order valence-electron chi connectivity index (χ2n) is 3.92. The van der Waals surface area contributed by atoms with Gasteiger partial charge in [-0.3, -0.25) is 0 Å². The Kier molecular flexibility index (Phi) is 4.51. The number of allylic oxidation sites excluding steroid dienone is 5. The van der Waals surface area contributed by atoms with Crippen LogP contribution in [0.5, 0.6) is 0 Å². The molecule has 0 aromatic heterocycles. The molecule has 0 bridgehead atoms. The van der Waals surface area contributed by atoms with Crippen molar-refractivity contribution in [1.82, 2.24) is 5.32 Å². The Balaban J connectivity index is 2.53. The van der Waals surface area contributed by atoms with Crippen molar-refractivity contribution in [1.29, 1.82) is 0 Å². The zero-order valence-electron chi connectivity index (χ0n) is 9.40. The molecular formula is C13H21N. The molecule has 0 radical (unpaired) electrons. The molecule has 1 aliphatic rings. The first-order chi connectivity index (χ1) is 6.74. The third-order valence-electron chi connectivity index (χ3n) is 2.59. The predicted octanol–water partition coefficient (Wildman–Crippen LogP) is 3.56. The van der Waals surface area contributed by atoms with E-state index in [0.29, 0.717) is 0 Å². The van der Waals surface area contributed by atoms with Gasteiger partial charge in [-0.25, -0.2) is 0 Å². The van der Waals surface area contributed by atoms with Gasteiger partial charge in [0.1, 0.15) is 0 Å². The lowest BCUT2D eigenvalue weighted by atomic mass is 10.0. The minimum atomic E-state index is 1.11. The van der Waals surface area contributed by atoms with Crippen LogP contribution >= 0.6 is 0 Å². The maximum Gasteiger partial charge on any atom is 0.0147 e. The zero-order valence-corrected chi connectivity index (χ0v) is 9.40. The molecule has 0 fully saturated rings. The van der Waals surface area contributed by atoms with E-state index in [4.69, 9.17) is 0 Å². The van der Waals surface area contributed by atoms with Gasteiger partial charge in [-0.1, -0.05) is 37.6 Å². The van der Waals surface area contributed by atoms with Crippen molar-refractivity contribution in [2.75, 3.05) is 6.54 Å². The second-order valence-corrected chi connectivity index (χ2v) is 3.92. The molecule has 1 aliphatic heterocycles. The van der Waals surface area contributed by atoms with Gasteiger partial charge in [0.2, 0.25) is 0 Å². The summed E-state index contributed by atoms with van der Waals surface area (Å²) in [6.07, 6.45) is 9.12. The molecule has 0 saturated heterocycles. The van der Waals surface area contributed by atoms with Gasteiger partial charge in [0.05, 0.1) is 0 Å². The molecule has 0 aromatic rings. The van der Waals surface area contributed by atoms with Gasteiger partial charge in [0.25, 0.3) is 0 Å². The van der Waals surface area contributed by atoms with E-state index in [9.17, 15) is 0 Å². The molecule has 0 spiro atoms. The number of rotatable bonds is 4. The average Bonchev–Trinajstić information content (AvgIpc) is 2.17. The van der Waals surface area contributed by atoms with Crippen LogP contribution in [0.15, 0.2) is 35.6 Å². The van der Waals surface area contributed by atoms with E-state index in [-0.39, 0.29) is 0 Å². The Hall–Kier alpha value is -0.980. The average molecular weight is 191 g/mol. The van der Waals surface area contributed by atoms with Gasteiger partial charge in [-0.05, 0) is 31.8 Å². The minimum absolute atomic E-state index is 1.11. The maximum absolute atomic E-state index is 4.02. The lowest BCUT2D eigenvalue weighted by Gasteiger charge is -2.17. The molecule has 0 unspecified atom stereocenters. The van der Waals surface area contributed by atoms with Crippen molar-refractivity contribution in [3.8, 4) is 0 Å². The first kappa shape index (κ1) is 11.1. The van der Waals surface area contributed by atoms with Crippen LogP contribution in [0.25, 0.3) is 0 Å². The summed E-state index contributed by atoms with van der Waals surface area (Å²) in [7, 11) is 0. The standard InChI is InChI=1S/C13H21N/c1-4-6-11(2)8-9-13-7-5-10-14-12(13)3/h8-9,14H,2,4-7,10H2,1,3H3/b9-8-. The number of nitrogens with one attached hydrogen (secondary N) is 1. The maximum atomic E-state index is 4.02. The number of hydrogen-bond donors (Lipinski definition) is 1. The Morgan fingerprint density at radius 3 is 3.00 bits per heavy atom. The normalized spacial score (nSPS) is 17.3. The van der Waals surface area contributed by atoms with E-state index < -0.39 is 0 Å². The molecule has 1 heterocycles. The molecule has 14 heavy (non-hydrogen) atoms. The van der Waals surface area contributed by atoms with E-state index in [1.807, 2.05) is 0 Å². The predicted molar refractivity (Wildman–Crippen MR) is 63.1 cm³/mol. The van der Waals surface area contributed by atoms with Crippen molar-refractivity contribution in [3.05, 3.63) is 35.6 Å². The largest absolute Gasteiger partial charge is 0.388 e. The van der Waals surface area contributed by atoms with Gasteiger partial charge in [0.15, 0.2) is 0 Å². The summed E-state index contributed by atoms with van der Waals surface area (Å²) in [5.74, 6) is 0. The molecule has 1 rings (SSSR count). The third-order valence-corrected chi connectivity index (χ3v) is 2.59. The van der Waals surface area contributed by atoms with Crippen LogP contribution in [-0.4, -0.2) is 6.54 Å². The first-order valence-corrected chi connectivity index (χ1v) is 5.53. The van der Waals surface area contributed by atoms with Crippen molar-refractivity contribution >= 4 is 0 Å². The zero-order chi connectivity index (χ0) is 10.4. The summed E-state index contributed by atoms with van der Waals surface area (Å²) < 4.78 is 0. The smallest absolute Gasteiger partial charge is 0.0147 e. The Morgan fingerprint density at radius 1 is 1.57 bits per heavy atom. The highest BCUT2D eigenvalue weighted by Crippen LogP contribution is 2.16. The van der Waals surface area contributed by atoms with Crippen LogP contribution in [-0.2, 0) is 0 Å². The Labute approximate surface area is 87.6 Å². The fourth-order valence-electron chi connectivity index (χ4n) is 1.69. The van der Waals surface area contributed by atoms with Crippen LogP contribution in [0.3, 0.4) is 0 Å². The van der Waals surface area contributed by atoms with Crippen molar-refractivity contribution < 1.29 is 0 Å². The molecule has 1 heteroatoms. The SMILES string of the molecule is C=C(/C=C\C1=C(C)NCCC1)CCC. The van der Waals surface area contributed by atoms with E-state index in [1.54, 1.807) is 0 Å². The topological polar surface area (TPSA) is 12.0 Å². The van der Waals surface area contributed by atoms with Gasteiger partial charge >= 0.3 is 0 Å². The summed E-state index contributed by atoms with van der Waals surface area (Å²) in [6.45, 7) is 9.49. The van der Waals surface area contributed by atoms with Crippen LogP contribution < -0.4 is 5.32 Å². The summed E-state index contributed by atoms with van der Waals surface area (Å²) in [6, 6.07) is 0. The van der Waals surface area contributed by atoms with Crippen molar-refractivity contribution in [3.63, 3.8) is 0 Å². The second kappa shape index (κ2) is 5.69. The molecule has 0 saturated carbocycles. The van der Waals surface area contributed by atoms with Crippen LogP contribution in [0.1, 0.15) is 39.5 Å². The lowest BCUT2D eigenvalue weighted by molar-refractivity contribution is 0.671. The Bertz CT molecular complexity index is 258. The molecule has 78 valence electrons. The summed E-state index contributed by atoms with van der Waals surface area (Å²) in [5.41, 5.74) is 4.00. The molecule has 0 atom stereocenters. The number of hydrogen-bond acceptors (Lipinski definition) is 1. The third kappa shape index (κ3) is 3.41. The van der Waals surface area contributed by atoms with Crippen LogP contribution in [0.2, 0.25) is 0 Å². The van der Waals surface area contributed by atoms with E-state index in [2.05, 4.69) is 37.9 Å². The summed E-state index contributed by atoms with van der Waals surface area (Å²) in [4.78, 5) is 0.